The summed E-state index contributed by atoms with van der Waals surface area (Å²) >= 11 is 0. The number of nitrogens with zero attached hydrogens (tertiary/aromatic N) is 2. The highest BCUT2D eigenvalue weighted by Gasteiger charge is 2.33. The molecule has 1 aliphatic rings. The first-order valence-corrected chi connectivity index (χ1v) is 7.41. The molecule has 0 amide bonds. The van der Waals surface area contributed by atoms with Crippen molar-refractivity contribution in [3.63, 3.8) is 0 Å². The number of imidazole rings is 1. The number of rotatable bonds is 3. The van der Waals surface area contributed by atoms with Gasteiger partial charge in [-0.2, -0.15) is 0 Å². The first-order valence-electron chi connectivity index (χ1n) is 7.41. The Bertz CT molecular complexity index is 632. The van der Waals surface area contributed by atoms with Crippen molar-refractivity contribution in [3.05, 3.63) is 30.1 Å². The van der Waals surface area contributed by atoms with Crippen LogP contribution in [0, 0.1) is 5.92 Å². The lowest BCUT2D eigenvalue weighted by molar-refractivity contribution is -0.144. The number of para-hydroxylation sites is 2. The molecule has 2 atom stereocenters. The zero-order chi connectivity index (χ0) is 14.1. The normalized spacial score (nSPS) is 23.1. The van der Waals surface area contributed by atoms with E-state index in [1.165, 1.54) is 0 Å². The predicted molar refractivity (Wildman–Crippen MR) is 77.7 cm³/mol. The second-order valence-electron chi connectivity index (χ2n) is 5.54. The summed E-state index contributed by atoms with van der Waals surface area (Å²) in [6.45, 7) is 2.08. The Labute approximate surface area is 118 Å². The Morgan fingerprint density at radius 2 is 2.10 bits per heavy atom. The highest BCUT2D eigenvalue weighted by molar-refractivity contribution is 5.77. The van der Waals surface area contributed by atoms with Crippen LogP contribution in [-0.4, -0.2) is 20.6 Å². The molecule has 106 valence electrons. The van der Waals surface area contributed by atoms with E-state index in [1.807, 2.05) is 18.2 Å². The number of aryl methyl sites for hydroxylation is 1. The number of hydrogen-bond donors (Lipinski definition) is 1. The summed E-state index contributed by atoms with van der Waals surface area (Å²) in [5.74, 6) is 0.0468. The van der Waals surface area contributed by atoms with Gasteiger partial charge in [-0.05, 0) is 25.0 Å². The van der Waals surface area contributed by atoms with E-state index in [-0.39, 0.29) is 12.0 Å². The van der Waals surface area contributed by atoms with Crippen molar-refractivity contribution in [1.82, 2.24) is 9.55 Å². The predicted octanol–water partition coefficient (Wildman–Crippen LogP) is 3.41. The van der Waals surface area contributed by atoms with E-state index in [0.29, 0.717) is 0 Å². The first-order chi connectivity index (χ1) is 9.72. The van der Waals surface area contributed by atoms with E-state index in [2.05, 4.69) is 22.5 Å². The van der Waals surface area contributed by atoms with Crippen molar-refractivity contribution in [2.75, 3.05) is 0 Å². The van der Waals surface area contributed by atoms with E-state index in [4.69, 9.17) is 0 Å². The van der Waals surface area contributed by atoms with Gasteiger partial charge in [0.15, 0.2) is 0 Å². The third-order valence-corrected chi connectivity index (χ3v) is 4.36. The molecule has 1 heterocycles. The zero-order valence-corrected chi connectivity index (χ0v) is 11.7. The summed E-state index contributed by atoms with van der Waals surface area (Å²) in [6, 6.07) is 8.08. The molecule has 0 saturated heterocycles. The number of carboxylic acids is 1. The van der Waals surface area contributed by atoms with Crippen molar-refractivity contribution < 1.29 is 9.90 Å². The lowest BCUT2D eigenvalue weighted by atomic mass is 9.84. The van der Waals surface area contributed by atoms with Crippen molar-refractivity contribution in [1.29, 1.82) is 0 Å². The number of hydrogen-bond acceptors (Lipinski definition) is 2. The zero-order valence-electron chi connectivity index (χ0n) is 11.7. The minimum atomic E-state index is -0.672. The SMILES string of the molecule is CCc1nc2ccccc2n1C1CCCCC1C(=O)O. The maximum absolute atomic E-state index is 11.6. The minimum Gasteiger partial charge on any atom is -0.481 e. The molecule has 0 bridgehead atoms. The van der Waals surface area contributed by atoms with Crippen molar-refractivity contribution >= 4 is 17.0 Å². The molecule has 2 unspecified atom stereocenters. The third kappa shape index (κ3) is 2.09. The molecule has 1 aromatic heterocycles. The third-order valence-electron chi connectivity index (χ3n) is 4.36. The van der Waals surface area contributed by atoms with Crippen LogP contribution in [-0.2, 0) is 11.2 Å². The first kappa shape index (κ1) is 13.2. The molecule has 1 fully saturated rings. The van der Waals surface area contributed by atoms with Crippen LogP contribution in [0.5, 0.6) is 0 Å². The average molecular weight is 272 g/mol. The number of aromatic nitrogens is 2. The largest absolute Gasteiger partial charge is 0.481 e. The molecule has 1 N–H and O–H groups in total. The van der Waals surface area contributed by atoms with Gasteiger partial charge in [-0.1, -0.05) is 31.9 Å². The Morgan fingerprint density at radius 3 is 2.85 bits per heavy atom. The van der Waals surface area contributed by atoms with Gasteiger partial charge in [-0.3, -0.25) is 4.79 Å². The summed E-state index contributed by atoms with van der Waals surface area (Å²) in [7, 11) is 0. The Morgan fingerprint density at radius 1 is 1.35 bits per heavy atom. The lowest BCUT2D eigenvalue weighted by Gasteiger charge is -2.31. The molecule has 4 nitrogen and oxygen atoms in total. The van der Waals surface area contributed by atoms with Crippen LogP contribution in [0.4, 0.5) is 0 Å². The van der Waals surface area contributed by atoms with Crippen LogP contribution in [0.25, 0.3) is 11.0 Å². The molecule has 1 aromatic carbocycles. The van der Waals surface area contributed by atoms with Crippen LogP contribution in [0.1, 0.15) is 44.5 Å². The number of carbonyl (C=O) groups is 1. The summed E-state index contributed by atoms with van der Waals surface area (Å²) in [5.41, 5.74) is 2.04. The van der Waals surface area contributed by atoms with E-state index < -0.39 is 5.97 Å². The molecule has 4 heteroatoms. The molecule has 2 aromatic rings. The lowest BCUT2D eigenvalue weighted by Crippen LogP contribution is -2.30. The fraction of sp³-hybridized carbons (Fsp3) is 0.500. The van der Waals surface area contributed by atoms with E-state index in [1.54, 1.807) is 0 Å². The number of benzene rings is 1. The molecule has 0 spiro atoms. The summed E-state index contributed by atoms with van der Waals surface area (Å²) < 4.78 is 2.19. The minimum absolute atomic E-state index is 0.0450. The summed E-state index contributed by atoms with van der Waals surface area (Å²) in [6.07, 6.45) is 4.66. The monoisotopic (exact) mass is 272 g/mol. The standard InChI is InChI=1S/C16H20N2O2/c1-2-15-17-12-8-4-6-10-14(12)18(15)13-9-5-3-7-11(13)16(19)20/h4,6,8,10-11,13H,2-3,5,7,9H2,1H3,(H,19,20). The van der Waals surface area contributed by atoms with Gasteiger partial charge >= 0.3 is 5.97 Å². The number of fused-ring (bicyclic) bond motifs is 1. The topological polar surface area (TPSA) is 55.1 Å². The molecule has 0 aliphatic heterocycles. The Kier molecular flexibility index (Phi) is 3.47. The molecule has 1 saturated carbocycles. The highest BCUT2D eigenvalue weighted by atomic mass is 16.4. The summed E-state index contributed by atoms with van der Waals surface area (Å²) in [5, 5.41) is 9.51. The molecular formula is C16H20N2O2. The van der Waals surface area contributed by atoms with Crippen LogP contribution in [0.15, 0.2) is 24.3 Å². The van der Waals surface area contributed by atoms with Gasteiger partial charge in [0.1, 0.15) is 5.82 Å². The second kappa shape index (κ2) is 5.27. The average Bonchev–Trinajstić information content (AvgIpc) is 2.85. The van der Waals surface area contributed by atoms with Crippen molar-refractivity contribution in [2.45, 2.75) is 45.1 Å². The fourth-order valence-electron chi connectivity index (χ4n) is 3.42. The van der Waals surface area contributed by atoms with Gasteiger partial charge in [0.05, 0.1) is 17.0 Å². The maximum Gasteiger partial charge on any atom is 0.308 e. The summed E-state index contributed by atoms with van der Waals surface area (Å²) in [4.78, 5) is 16.2. The van der Waals surface area contributed by atoms with E-state index in [0.717, 1.165) is 49.0 Å². The van der Waals surface area contributed by atoms with E-state index >= 15 is 0 Å². The van der Waals surface area contributed by atoms with Gasteiger partial charge < -0.3 is 9.67 Å². The van der Waals surface area contributed by atoms with Gasteiger partial charge in [0.25, 0.3) is 0 Å². The van der Waals surface area contributed by atoms with Gasteiger partial charge in [-0.25, -0.2) is 4.98 Å². The van der Waals surface area contributed by atoms with E-state index in [9.17, 15) is 9.90 Å². The van der Waals surface area contributed by atoms with Crippen LogP contribution < -0.4 is 0 Å². The van der Waals surface area contributed by atoms with Crippen molar-refractivity contribution in [3.8, 4) is 0 Å². The van der Waals surface area contributed by atoms with Crippen molar-refractivity contribution in [2.24, 2.45) is 5.92 Å². The second-order valence-corrected chi connectivity index (χ2v) is 5.54. The Hall–Kier alpha value is -1.84. The van der Waals surface area contributed by atoms with Crippen LogP contribution >= 0.6 is 0 Å². The molecule has 1 aliphatic carbocycles. The van der Waals surface area contributed by atoms with Crippen LogP contribution in [0.3, 0.4) is 0 Å². The molecule has 20 heavy (non-hydrogen) atoms. The quantitative estimate of drug-likeness (QED) is 0.931. The van der Waals surface area contributed by atoms with Gasteiger partial charge in [-0.15, -0.1) is 0 Å². The maximum atomic E-state index is 11.6. The fourth-order valence-corrected chi connectivity index (χ4v) is 3.42. The van der Waals surface area contributed by atoms with Gasteiger partial charge in [0, 0.05) is 12.5 Å². The Balaban J connectivity index is 2.13. The molecular weight excluding hydrogens is 252 g/mol. The number of aliphatic carboxylic acids is 1. The van der Waals surface area contributed by atoms with Crippen LogP contribution in [0.2, 0.25) is 0 Å². The van der Waals surface area contributed by atoms with Gasteiger partial charge in [0.2, 0.25) is 0 Å². The smallest absolute Gasteiger partial charge is 0.308 e. The highest BCUT2D eigenvalue weighted by Crippen LogP contribution is 2.37. The molecule has 0 radical (unpaired) electrons. The number of carboxylic acid groups (broad SMARTS) is 1. The molecule has 3 rings (SSSR count).